The Labute approximate surface area is 197 Å². The number of alkyl halides is 2. The first-order valence-corrected chi connectivity index (χ1v) is 11.6. The van der Waals surface area contributed by atoms with Gasteiger partial charge in [0, 0.05) is 18.4 Å². The second-order valence-electron chi connectivity index (χ2n) is 8.91. The summed E-state index contributed by atoms with van der Waals surface area (Å²) in [6.45, 7) is 6.36. The van der Waals surface area contributed by atoms with E-state index in [4.69, 9.17) is 0 Å². The molecule has 0 spiro atoms. The van der Waals surface area contributed by atoms with Gasteiger partial charge in [-0.1, -0.05) is 63.2 Å². The summed E-state index contributed by atoms with van der Waals surface area (Å²) >= 11 is 0. The van der Waals surface area contributed by atoms with Crippen molar-refractivity contribution in [1.29, 1.82) is 0 Å². The number of aryl methyl sites for hydroxylation is 1. The largest absolute Gasteiger partial charge is 0.308 e. The number of halogens is 2. The van der Waals surface area contributed by atoms with Crippen LogP contribution in [0.4, 0.5) is 8.78 Å². The third-order valence-electron chi connectivity index (χ3n) is 5.67. The van der Waals surface area contributed by atoms with Gasteiger partial charge in [-0.2, -0.15) is 14.0 Å². The lowest BCUT2D eigenvalue weighted by Gasteiger charge is -2.10. The average Bonchev–Trinajstić information content (AvgIpc) is 3.49. The normalized spacial score (nSPS) is 11.9. The molecule has 4 rings (SSSR count). The van der Waals surface area contributed by atoms with E-state index in [-0.39, 0.29) is 12.2 Å². The van der Waals surface area contributed by atoms with Gasteiger partial charge >= 0.3 is 5.92 Å². The zero-order valence-electron chi connectivity index (χ0n) is 19.7. The van der Waals surface area contributed by atoms with Crippen LogP contribution in [-0.2, 0) is 18.9 Å². The summed E-state index contributed by atoms with van der Waals surface area (Å²) in [5, 5.41) is 18.4. The molecule has 0 atom stereocenters. The van der Waals surface area contributed by atoms with Crippen LogP contribution in [-0.4, -0.2) is 35.4 Å². The molecule has 0 aliphatic carbocycles. The van der Waals surface area contributed by atoms with Crippen molar-refractivity contribution in [3.8, 4) is 22.5 Å². The van der Waals surface area contributed by atoms with Crippen LogP contribution in [0.5, 0.6) is 0 Å². The monoisotopic (exact) mass is 465 g/mol. The van der Waals surface area contributed by atoms with Crippen LogP contribution in [0.1, 0.15) is 57.2 Å². The van der Waals surface area contributed by atoms with Crippen molar-refractivity contribution >= 4 is 0 Å². The predicted molar refractivity (Wildman–Crippen MR) is 126 cm³/mol. The lowest BCUT2D eigenvalue weighted by molar-refractivity contribution is -0.0232. The minimum Gasteiger partial charge on any atom is -0.245 e. The lowest BCUT2D eigenvalue weighted by Crippen LogP contribution is -2.15. The topological polar surface area (TPSA) is 85.2 Å². The number of hydrogen-bond donors (Lipinski definition) is 1. The fourth-order valence-corrected chi connectivity index (χ4v) is 3.78. The highest BCUT2D eigenvalue weighted by atomic mass is 19.3. The van der Waals surface area contributed by atoms with Gasteiger partial charge in [0.2, 0.25) is 11.6 Å². The highest BCUT2D eigenvalue weighted by molar-refractivity contribution is 5.70. The van der Waals surface area contributed by atoms with Crippen molar-refractivity contribution in [1.82, 2.24) is 35.4 Å². The number of H-pyrrole nitrogens is 1. The summed E-state index contributed by atoms with van der Waals surface area (Å²) in [7, 11) is 0. The van der Waals surface area contributed by atoms with Crippen LogP contribution in [0.25, 0.3) is 22.5 Å². The lowest BCUT2D eigenvalue weighted by atomic mass is 10.0. The Bertz CT molecular complexity index is 1200. The zero-order valence-corrected chi connectivity index (χ0v) is 19.7. The number of nitrogens with one attached hydrogen (secondary N) is 1. The van der Waals surface area contributed by atoms with E-state index in [0.29, 0.717) is 37.0 Å². The van der Waals surface area contributed by atoms with Gasteiger partial charge in [-0.3, -0.25) is 0 Å². The molecule has 34 heavy (non-hydrogen) atoms. The number of aromatic amines is 1. The van der Waals surface area contributed by atoms with E-state index in [1.807, 2.05) is 48.5 Å². The third-order valence-corrected chi connectivity index (χ3v) is 5.67. The maximum Gasteiger partial charge on any atom is 0.308 e. The second-order valence-corrected chi connectivity index (χ2v) is 8.91. The Morgan fingerprint density at radius 2 is 1.79 bits per heavy atom. The highest BCUT2D eigenvalue weighted by Crippen LogP contribution is 2.31. The molecule has 178 valence electrons. The molecule has 0 saturated heterocycles. The molecular weight excluding hydrogens is 436 g/mol. The minimum absolute atomic E-state index is 0.252. The molecule has 2 aromatic heterocycles. The number of aromatic nitrogens is 7. The van der Waals surface area contributed by atoms with E-state index in [9.17, 15) is 8.78 Å². The molecule has 0 aliphatic rings. The Balaban J connectivity index is 1.56. The maximum atomic E-state index is 14.5. The summed E-state index contributed by atoms with van der Waals surface area (Å²) in [6.07, 6.45) is 1.61. The summed E-state index contributed by atoms with van der Waals surface area (Å²) in [5.41, 5.74) is 3.89. The van der Waals surface area contributed by atoms with Crippen molar-refractivity contribution in [3.05, 3.63) is 65.7 Å². The molecule has 0 radical (unpaired) electrons. The number of rotatable bonds is 10. The van der Waals surface area contributed by atoms with Crippen molar-refractivity contribution < 1.29 is 8.78 Å². The van der Waals surface area contributed by atoms with Crippen LogP contribution in [0.2, 0.25) is 0 Å². The molecule has 9 heteroatoms. The summed E-state index contributed by atoms with van der Waals surface area (Å²) < 4.78 is 30.7. The summed E-state index contributed by atoms with van der Waals surface area (Å²) in [5.74, 6) is -1.79. The van der Waals surface area contributed by atoms with Crippen LogP contribution < -0.4 is 0 Å². The van der Waals surface area contributed by atoms with Crippen molar-refractivity contribution in [2.24, 2.45) is 5.92 Å². The molecule has 4 aromatic rings. The molecule has 2 heterocycles. The number of tetrazole rings is 1. The van der Waals surface area contributed by atoms with Gasteiger partial charge in [-0.05, 0) is 46.7 Å². The predicted octanol–water partition coefficient (Wildman–Crippen LogP) is 5.65. The van der Waals surface area contributed by atoms with E-state index >= 15 is 0 Å². The molecule has 2 aromatic carbocycles. The van der Waals surface area contributed by atoms with Gasteiger partial charge < -0.3 is 0 Å². The fraction of sp³-hybridized carbons (Fsp3) is 0.400. The van der Waals surface area contributed by atoms with Crippen molar-refractivity contribution in [2.45, 2.75) is 58.9 Å². The number of nitrogens with zero attached hydrogens (tertiary/aromatic N) is 6. The number of hydrogen-bond acceptors (Lipinski definition) is 5. The van der Waals surface area contributed by atoms with Gasteiger partial charge in [-0.25, -0.2) is 9.67 Å². The van der Waals surface area contributed by atoms with Gasteiger partial charge in [-0.15, -0.1) is 15.3 Å². The van der Waals surface area contributed by atoms with E-state index in [0.717, 1.165) is 28.7 Å². The smallest absolute Gasteiger partial charge is 0.245 e. The highest BCUT2D eigenvalue weighted by Gasteiger charge is 2.36. The minimum atomic E-state index is -3.01. The van der Waals surface area contributed by atoms with E-state index < -0.39 is 5.92 Å². The van der Waals surface area contributed by atoms with Gasteiger partial charge in [0.15, 0.2) is 0 Å². The van der Waals surface area contributed by atoms with Crippen LogP contribution in [0.3, 0.4) is 0 Å². The first-order chi connectivity index (χ1) is 16.4. The zero-order chi connectivity index (χ0) is 24.1. The fourth-order valence-electron chi connectivity index (χ4n) is 3.78. The maximum absolute atomic E-state index is 14.5. The third kappa shape index (κ3) is 5.52. The molecule has 7 nitrogen and oxygen atoms in total. The average molecular weight is 466 g/mol. The van der Waals surface area contributed by atoms with Crippen LogP contribution in [0, 0.1) is 5.92 Å². The molecule has 0 amide bonds. The standard InChI is InChI=1S/C25H29F2N7/c1-4-14-25(26,27)24-28-22(13-8-17(2)3)34(31-24)16-18-9-11-19(12-10-18)20-6-5-7-21(15-20)23-29-32-33-30-23/h5-7,9-12,15,17H,4,8,13-14,16H2,1-3H3,(H,29,30,32,33). The van der Waals surface area contributed by atoms with Crippen molar-refractivity contribution in [3.63, 3.8) is 0 Å². The van der Waals surface area contributed by atoms with Gasteiger partial charge in [0.05, 0.1) is 6.54 Å². The molecule has 0 aliphatic heterocycles. The molecular formula is C25H29F2N7. The SMILES string of the molecule is CCCC(F)(F)c1nc(CCC(C)C)n(Cc2ccc(-c3cccc(-c4nn[nH]n4)c3)cc2)n1. The molecule has 1 N–H and O–H groups in total. The van der Waals surface area contributed by atoms with Crippen molar-refractivity contribution in [2.75, 3.05) is 0 Å². The van der Waals surface area contributed by atoms with Crippen LogP contribution >= 0.6 is 0 Å². The first-order valence-electron chi connectivity index (χ1n) is 11.6. The Morgan fingerprint density at radius 1 is 1.03 bits per heavy atom. The molecule has 0 fully saturated rings. The first kappa shape index (κ1) is 23.7. The van der Waals surface area contributed by atoms with E-state index in [1.165, 1.54) is 0 Å². The van der Waals surface area contributed by atoms with Gasteiger partial charge in [0.25, 0.3) is 0 Å². The second kappa shape index (κ2) is 10.2. The van der Waals surface area contributed by atoms with Gasteiger partial charge in [0.1, 0.15) is 5.82 Å². The Hall–Kier alpha value is -3.49. The molecule has 0 unspecified atom stereocenters. The van der Waals surface area contributed by atoms with E-state index in [2.05, 4.69) is 44.6 Å². The van der Waals surface area contributed by atoms with Crippen LogP contribution in [0.15, 0.2) is 48.5 Å². The quantitative estimate of drug-likeness (QED) is 0.327. The molecule has 0 saturated carbocycles. The summed E-state index contributed by atoms with van der Waals surface area (Å²) in [6, 6.07) is 15.9. The summed E-state index contributed by atoms with van der Waals surface area (Å²) in [4.78, 5) is 4.25. The number of benzene rings is 2. The Morgan fingerprint density at radius 3 is 2.47 bits per heavy atom. The Kier molecular flexibility index (Phi) is 7.09. The molecule has 0 bridgehead atoms. The van der Waals surface area contributed by atoms with E-state index in [1.54, 1.807) is 11.6 Å².